The Hall–Kier alpha value is -1.62. The summed E-state index contributed by atoms with van der Waals surface area (Å²) in [7, 11) is 0. The lowest BCUT2D eigenvalue weighted by molar-refractivity contribution is 1.08. The summed E-state index contributed by atoms with van der Waals surface area (Å²) in [4.78, 5) is 18.4. The number of hydrogen-bond donors (Lipinski definition) is 1. The molecular formula is C10H6BrN3O. The van der Waals surface area contributed by atoms with Gasteiger partial charge in [-0.25, -0.2) is 4.98 Å². The van der Waals surface area contributed by atoms with Crippen molar-refractivity contribution in [2.45, 2.75) is 0 Å². The lowest BCUT2D eigenvalue weighted by Crippen LogP contribution is -2.08. The highest BCUT2D eigenvalue weighted by Gasteiger charge is 2.05. The molecule has 74 valence electrons. The molecule has 5 heteroatoms. The molecule has 3 aromatic rings. The van der Waals surface area contributed by atoms with Gasteiger partial charge in [0, 0.05) is 6.20 Å². The van der Waals surface area contributed by atoms with Crippen molar-refractivity contribution < 1.29 is 0 Å². The topological polar surface area (TPSA) is 50.2 Å². The summed E-state index contributed by atoms with van der Waals surface area (Å²) in [6.45, 7) is 0. The van der Waals surface area contributed by atoms with Crippen LogP contribution >= 0.6 is 15.9 Å². The van der Waals surface area contributed by atoms with Crippen LogP contribution in [-0.4, -0.2) is 14.4 Å². The zero-order chi connectivity index (χ0) is 10.4. The van der Waals surface area contributed by atoms with E-state index in [4.69, 9.17) is 0 Å². The Kier molecular flexibility index (Phi) is 1.70. The van der Waals surface area contributed by atoms with E-state index in [0.717, 1.165) is 11.0 Å². The Morgan fingerprint density at radius 2 is 2.13 bits per heavy atom. The van der Waals surface area contributed by atoms with Gasteiger partial charge in [0.25, 0.3) is 5.56 Å². The van der Waals surface area contributed by atoms with Crippen LogP contribution in [0, 0.1) is 0 Å². The second kappa shape index (κ2) is 2.93. The molecule has 0 saturated heterocycles. The lowest BCUT2D eigenvalue weighted by atomic mass is 10.3. The largest absolute Gasteiger partial charge is 0.291 e. The van der Waals surface area contributed by atoms with Gasteiger partial charge in [-0.1, -0.05) is 12.1 Å². The van der Waals surface area contributed by atoms with Crippen molar-refractivity contribution in [1.29, 1.82) is 0 Å². The maximum atomic E-state index is 11.4. The maximum Gasteiger partial charge on any atom is 0.266 e. The van der Waals surface area contributed by atoms with Gasteiger partial charge in [-0.3, -0.25) is 14.2 Å². The number of nitrogens with zero attached hydrogens (tertiary/aromatic N) is 2. The van der Waals surface area contributed by atoms with Gasteiger partial charge >= 0.3 is 0 Å². The number of rotatable bonds is 0. The third-order valence-electron chi connectivity index (χ3n) is 2.28. The van der Waals surface area contributed by atoms with Gasteiger partial charge in [-0.2, -0.15) is 0 Å². The first-order valence-electron chi connectivity index (χ1n) is 4.41. The number of aromatic amines is 1. The quantitative estimate of drug-likeness (QED) is 0.674. The summed E-state index contributed by atoms with van der Waals surface area (Å²) in [6.07, 6.45) is 1.73. The molecular weight excluding hydrogens is 258 g/mol. The number of fused-ring (bicyclic) bond motifs is 3. The maximum absolute atomic E-state index is 11.4. The molecule has 0 aliphatic heterocycles. The molecule has 4 nitrogen and oxygen atoms in total. The number of aromatic nitrogens is 3. The minimum absolute atomic E-state index is 0.169. The molecule has 0 atom stereocenters. The minimum Gasteiger partial charge on any atom is -0.291 e. The second-order valence-electron chi connectivity index (χ2n) is 3.23. The normalized spacial score (nSPS) is 11.3. The highest BCUT2D eigenvalue weighted by Crippen LogP contribution is 2.15. The monoisotopic (exact) mass is 263 g/mol. The van der Waals surface area contributed by atoms with Crippen molar-refractivity contribution in [2.75, 3.05) is 0 Å². The number of imidazole rings is 1. The molecule has 0 spiro atoms. The summed E-state index contributed by atoms with van der Waals surface area (Å²) < 4.78 is 2.35. The van der Waals surface area contributed by atoms with Crippen LogP contribution in [0.5, 0.6) is 0 Å². The van der Waals surface area contributed by atoms with Crippen LogP contribution in [0.2, 0.25) is 0 Å². The van der Waals surface area contributed by atoms with Crippen LogP contribution in [0.3, 0.4) is 0 Å². The molecule has 0 amide bonds. The predicted octanol–water partition coefficient (Wildman–Crippen LogP) is 1.94. The lowest BCUT2D eigenvalue weighted by Gasteiger charge is -1.94. The molecule has 2 aromatic heterocycles. The van der Waals surface area contributed by atoms with Gasteiger partial charge in [0.1, 0.15) is 0 Å². The Balaban J connectivity index is 2.61. The smallest absolute Gasteiger partial charge is 0.266 e. The van der Waals surface area contributed by atoms with Gasteiger partial charge in [0.15, 0.2) is 0 Å². The average Bonchev–Trinajstić information content (AvgIpc) is 2.57. The van der Waals surface area contributed by atoms with Gasteiger partial charge < -0.3 is 0 Å². The van der Waals surface area contributed by atoms with Crippen LogP contribution in [0.25, 0.3) is 16.8 Å². The molecule has 2 heterocycles. The number of benzene rings is 1. The highest BCUT2D eigenvalue weighted by molar-refractivity contribution is 9.10. The van der Waals surface area contributed by atoms with E-state index < -0.39 is 0 Å². The third-order valence-corrected chi connectivity index (χ3v) is 2.85. The molecule has 0 aliphatic carbocycles. The van der Waals surface area contributed by atoms with E-state index in [0.29, 0.717) is 10.3 Å². The SMILES string of the molecule is O=c1[nH]c2nc3ccccc3n2cc1Br. The molecule has 0 fully saturated rings. The van der Waals surface area contributed by atoms with E-state index in [1.807, 2.05) is 28.7 Å². The van der Waals surface area contributed by atoms with Crippen LogP contribution in [0.4, 0.5) is 0 Å². The molecule has 0 unspecified atom stereocenters. The first kappa shape index (κ1) is 8.67. The molecule has 0 aliphatic rings. The first-order valence-corrected chi connectivity index (χ1v) is 5.20. The molecule has 3 rings (SSSR count). The summed E-state index contributed by atoms with van der Waals surface area (Å²) in [5.41, 5.74) is 1.67. The van der Waals surface area contributed by atoms with Gasteiger partial charge in [0.05, 0.1) is 15.5 Å². The molecule has 1 N–H and O–H groups in total. The first-order chi connectivity index (χ1) is 7.25. The highest BCUT2D eigenvalue weighted by atomic mass is 79.9. The fourth-order valence-corrected chi connectivity index (χ4v) is 1.90. The Labute approximate surface area is 92.7 Å². The number of H-pyrrole nitrogens is 1. The zero-order valence-corrected chi connectivity index (χ0v) is 9.15. The van der Waals surface area contributed by atoms with Crippen LogP contribution in [-0.2, 0) is 0 Å². The number of nitrogens with one attached hydrogen (secondary N) is 1. The van der Waals surface area contributed by atoms with E-state index in [1.54, 1.807) is 6.20 Å². The van der Waals surface area contributed by atoms with Crippen LogP contribution < -0.4 is 5.56 Å². The van der Waals surface area contributed by atoms with E-state index in [9.17, 15) is 4.79 Å². The van der Waals surface area contributed by atoms with Gasteiger partial charge in [-0.05, 0) is 28.1 Å². The molecule has 1 aromatic carbocycles. The number of para-hydroxylation sites is 2. The number of hydrogen-bond acceptors (Lipinski definition) is 2. The minimum atomic E-state index is -0.169. The van der Waals surface area contributed by atoms with Crippen molar-refractivity contribution in [3.05, 3.63) is 45.3 Å². The third kappa shape index (κ3) is 1.20. The standard InChI is InChI=1S/C10H6BrN3O/c11-6-5-14-8-4-2-1-3-7(8)12-10(14)13-9(6)15/h1-5H,(H,12,13,15). The van der Waals surface area contributed by atoms with Gasteiger partial charge in [0.2, 0.25) is 5.78 Å². The average molecular weight is 264 g/mol. The molecule has 0 radical (unpaired) electrons. The fourth-order valence-electron chi connectivity index (χ4n) is 1.60. The Bertz CT molecular complexity index is 713. The van der Waals surface area contributed by atoms with Crippen LogP contribution in [0.1, 0.15) is 0 Å². The summed E-state index contributed by atoms with van der Waals surface area (Å²) in [5, 5.41) is 0. The van der Waals surface area contributed by atoms with Crippen molar-refractivity contribution in [3.8, 4) is 0 Å². The van der Waals surface area contributed by atoms with E-state index in [-0.39, 0.29) is 5.56 Å². The van der Waals surface area contributed by atoms with E-state index >= 15 is 0 Å². The number of halogens is 1. The van der Waals surface area contributed by atoms with Crippen molar-refractivity contribution in [1.82, 2.24) is 14.4 Å². The van der Waals surface area contributed by atoms with E-state index in [1.165, 1.54) is 0 Å². The summed E-state index contributed by atoms with van der Waals surface area (Å²) in [6, 6.07) is 7.73. The summed E-state index contributed by atoms with van der Waals surface area (Å²) in [5.74, 6) is 0.560. The Morgan fingerprint density at radius 3 is 3.00 bits per heavy atom. The summed E-state index contributed by atoms with van der Waals surface area (Å²) >= 11 is 3.19. The van der Waals surface area contributed by atoms with E-state index in [2.05, 4.69) is 25.9 Å². The molecule has 0 saturated carbocycles. The Morgan fingerprint density at radius 1 is 1.33 bits per heavy atom. The zero-order valence-electron chi connectivity index (χ0n) is 7.57. The van der Waals surface area contributed by atoms with Crippen molar-refractivity contribution in [2.24, 2.45) is 0 Å². The van der Waals surface area contributed by atoms with Gasteiger partial charge in [-0.15, -0.1) is 0 Å². The predicted molar refractivity (Wildman–Crippen MR) is 61.0 cm³/mol. The molecule has 15 heavy (non-hydrogen) atoms. The molecule has 0 bridgehead atoms. The second-order valence-corrected chi connectivity index (χ2v) is 4.08. The van der Waals surface area contributed by atoms with Crippen LogP contribution in [0.15, 0.2) is 39.7 Å². The fraction of sp³-hybridized carbons (Fsp3) is 0. The van der Waals surface area contributed by atoms with Crippen molar-refractivity contribution in [3.63, 3.8) is 0 Å². The van der Waals surface area contributed by atoms with Crippen molar-refractivity contribution >= 4 is 32.7 Å².